The molecule has 1 N–H and O–H groups in total. The lowest BCUT2D eigenvalue weighted by atomic mass is 10.1. The third kappa shape index (κ3) is 3.69. The fourth-order valence-electron chi connectivity index (χ4n) is 1.92. The van der Waals surface area contributed by atoms with Crippen molar-refractivity contribution in [2.45, 2.75) is 26.7 Å². The van der Waals surface area contributed by atoms with Crippen molar-refractivity contribution >= 4 is 5.91 Å². The number of nitrogens with zero attached hydrogens (tertiary/aromatic N) is 3. The van der Waals surface area contributed by atoms with Gasteiger partial charge in [-0.2, -0.15) is 5.10 Å². The van der Waals surface area contributed by atoms with Crippen LogP contribution in [0.1, 0.15) is 35.7 Å². The molecule has 2 aromatic heterocycles. The largest absolute Gasteiger partial charge is 0.361 e. The summed E-state index contributed by atoms with van der Waals surface area (Å²) >= 11 is 0. The van der Waals surface area contributed by atoms with Gasteiger partial charge in [-0.25, -0.2) is 0 Å². The molecule has 0 aliphatic heterocycles. The normalized spacial score (nSPS) is 11.0. The Balaban J connectivity index is 1.90. The van der Waals surface area contributed by atoms with Gasteiger partial charge in [0.2, 0.25) is 0 Å². The van der Waals surface area contributed by atoms with Gasteiger partial charge in [-0.15, -0.1) is 0 Å². The second-order valence-electron chi connectivity index (χ2n) is 5.36. The highest BCUT2D eigenvalue weighted by Crippen LogP contribution is 2.11. The fraction of sp³-hybridized carbons (Fsp3) is 0.500. The van der Waals surface area contributed by atoms with Crippen LogP contribution in [0.5, 0.6) is 0 Å². The van der Waals surface area contributed by atoms with E-state index in [4.69, 9.17) is 4.52 Å². The van der Waals surface area contributed by atoms with Crippen molar-refractivity contribution in [1.29, 1.82) is 0 Å². The lowest BCUT2D eigenvalue weighted by molar-refractivity contribution is 0.0786. The number of rotatable bonds is 6. The zero-order chi connectivity index (χ0) is 14.5. The molecule has 6 nitrogen and oxygen atoms in total. The minimum atomic E-state index is -0.118. The van der Waals surface area contributed by atoms with Crippen LogP contribution in [0.25, 0.3) is 0 Å². The molecule has 0 unspecified atom stereocenters. The number of aromatic amines is 1. The van der Waals surface area contributed by atoms with Gasteiger partial charge in [0.15, 0.2) is 5.69 Å². The monoisotopic (exact) mass is 276 g/mol. The molecule has 108 valence electrons. The minimum Gasteiger partial charge on any atom is -0.361 e. The number of hydrogen-bond acceptors (Lipinski definition) is 4. The number of carbonyl (C=O) groups excluding carboxylic acids is 1. The number of likely N-dealkylation sites (N-methyl/N-ethyl adjacent to an activating group) is 1. The molecule has 0 fully saturated rings. The summed E-state index contributed by atoms with van der Waals surface area (Å²) in [6.45, 7) is 4.81. The molecule has 0 spiro atoms. The number of carbonyl (C=O) groups is 1. The van der Waals surface area contributed by atoms with Gasteiger partial charge in [0, 0.05) is 32.3 Å². The summed E-state index contributed by atoms with van der Waals surface area (Å²) in [5.74, 6) is 1.11. The Morgan fingerprint density at radius 2 is 2.30 bits per heavy atom. The van der Waals surface area contributed by atoms with Crippen LogP contribution in [0.3, 0.4) is 0 Å². The fourth-order valence-corrected chi connectivity index (χ4v) is 1.92. The summed E-state index contributed by atoms with van der Waals surface area (Å²) in [6, 6.07) is 1.73. The Bertz CT molecular complexity index is 545. The van der Waals surface area contributed by atoms with E-state index in [1.807, 2.05) is 6.20 Å². The molecule has 1 amide bonds. The average molecular weight is 276 g/mol. The smallest absolute Gasteiger partial charge is 0.275 e. The highest BCUT2D eigenvalue weighted by molar-refractivity contribution is 5.92. The van der Waals surface area contributed by atoms with Gasteiger partial charge < -0.3 is 9.42 Å². The summed E-state index contributed by atoms with van der Waals surface area (Å²) in [6.07, 6.45) is 5.14. The van der Waals surface area contributed by atoms with E-state index in [1.54, 1.807) is 24.2 Å². The topological polar surface area (TPSA) is 75.0 Å². The van der Waals surface area contributed by atoms with E-state index in [2.05, 4.69) is 29.2 Å². The van der Waals surface area contributed by atoms with Gasteiger partial charge in [0.05, 0.1) is 6.20 Å². The first kappa shape index (κ1) is 14.3. The molecule has 0 aromatic carbocycles. The van der Waals surface area contributed by atoms with E-state index in [0.717, 1.165) is 24.2 Å². The van der Waals surface area contributed by atoms with Crippen LogP contribution in [-0.4, -0.2) is 39.8 Å². The average Bonchev–Trinajstić information content (AvgIpc) is 3.05. The molecular formula is C14H20N4O2. The summed E-state index contributed by atoms with van der Waals surface area (Å²) in [5, 5.41) is 10.5. The molecule has 2 heterocycles. The molecule has 0 radical (unpaired) electrons. The molecule has 0 aliphatic rings. The Labute approximate surface area is 118 Å². The summed E-state index contributed by atoms with van der Waals surface area (Å²) in [4.78, 5) is 13.8. The van der Waals surface area contributed by atoms with Gasteiger partial charge in [-0.05, 0) is 17.9 Å². The number of amides is 1. The van der Waals surface area contributed by atoms with Crippen LogP contribution in [0, 0.1) is 5.92 Å². The molecule has 2 rings (SSSR count). The third-order valence-electron chi connectivity index (χ3n) is 3.02. The van der Waals surface area contributed by atoms with Crippen molar-refractivity contribution in [1.82, 2.24) is 20.3 Å². The quantitative estimate of drug-likeness (QED) is 0.874. The van der Waals surface area contributed by atoms with Gasteiger partial charge in [0.25, 0.3) is 5.91 Å². The first-order chi connectivity index (χ1) is 9.56. The van der Waals surface area contributed by atoms with Crippen LogP contribution in [0.2, 0.25) is 0 Å². The van der Waals surface area contributed by atoms with Crippen molar-refractivity contribution in [3.05, 3.63) is 35.5 Å². The van der Waals surface area contributed by atoms with Crippen LogP contribution in [-0.2, 0) is 12.8 Å². The van der Waals surface area contributed by atoms with Crippen molar-refractivity contribution in [2.24, 2.45) is 5.92 Å². The lowest BCUT2D eigenvalue weighted by Crippen LogP contribution is -2.29. The van der Waals surface area contributed by atoms with E-state index in [1.165, 1.54) is 0 Å². The van der Waals surface area contributed by atoms with Crippen molar-refractivity contribution < 1.29 is 9.32 Å². The molecule has 6 heteroatoms. The Kier molecular flexibility index (Phi) is 4.55. The first-order valence-electron chi connectivity index (χ1n) is 6.75. The number of aromatic nitrogens is 3. The molecule has 0 atom stereocenters. The van der Waals surface area contributed by atoms with Gasteiger partial charge in [-0.1, -0.05) is 19.0 Å². The predicted molar refractivity (Wildman–Crippen MR) is 74.3 cm³/mol. The first-order valence-corrected chi connectivity index (χ1v) is 6.75. The summed E-state index contributed by atoms with van der Waals surface area (Å²) in [5.41, 5.74) is 1.45. The van der Waals surface area contributed by atoms with Crippen molar-refractivity contribution in [3.8, 4) is 0 Å². The number of nitrogens with one attached hydrogen (secondary N) is 1. The van der Waals surface area contributed by atoms with Crippen molar-refractivity contribution in [2.75, 3.05) is 13.6 Å². The Morgan fingerprint density at radius 3 is 2.95 bits per heavy atom. The second-order valence-corrected chi connectivity index (χ2v) is 5.36. The van der Waals surface area contributed by atoms with Crippen LogP contribution < -0.4 is 0 Å². The lowest BCUT2D eigenvalue weighted by Gasteiger charge is -2.14. The molecule has 20 heavy (non-hydrogen) atoms. The van der Waals surface area contributed by atoms with E-state index >= 15 is 0 Å². The third-order valence-corrected chi connectivity index (χ3v) is 3.02. The summed E-state index contributed by atoms with van der Waals surface area (Å²) < 4.78 is 5.18. The zero-order valence-electron chi connectivity index (χ0n) is 12.1. The van der Waals surface area contributed by atoms with E-state index in [-0.39, 0.29) is 5.91 Å². The van der Waals surface area contributed by atoms with Gasteiger partial charge >= 0.3 is 0 Å². The highest BCUT2D eigenvalue weighted by atomic mass is 16.5. The van der Waals surface area contributed by atoms with Crippen LogP contribution in [0.4, 0.5) is 0 Å². The molecular weight excluding hydrogens is 256 g/mol. The Hall–Kier alpha value is -2.11. The second kappa shape index (κ2) is 6.36. The van der Waals surface area contributed by atoms with E-state index < -0.39 is 0 Å². The molecule has 0 aliphatic carbocycles. The van der Waals surface area contributed by atoms with Gasteiger partial charge in [0.1, 0.15) is 5.76 Å². The SMILES string of the molecule is CC(C)Cc1cc(C(=O)N(C)CCc2cn[nH]c2)no1. The maximum absolute atomic E-state index is 12.2. The highest BCUT2D eigenvalue weighted by Gasteiger charge is 2.17. The minimum absolute atomic E-state index is 0.118. The standard InChI is InChI=1S/C14H20N4O2/c1-10(2)6-12-7-13(17-20-12)14(19)18(3)5-4-11-8-15-16-9-11/h7-10H,4-6H2,1-3H3,(H,15,16). The molecule has 0 saturated carbocycles. The summed E-state index contributed by atoms with van der Waals surface area (Å²) in [7, 11) is 1.76. The van der Waals surface area contributed by atoms with E-state index in [9.17, 15) is 4.79 Å². The molecule has 2 aromatic rings. The predicted octanol–water partition coefficient (Wildman–Crippen LogP) is 1.91. The maximum atomic E-state index is 12.2. The number of hydrogen-bond donors (Lipinski definition) is 1. The maximum Gasteiger partial charge on any atom is 0.275 e. The molecule has 0 saturated heterocycles. The van der Waals surface area contributed by atoms with Gasteiger partial charge in [-0.3, -0.25) is 9.89 Å². The Morgan fingerprint density at radius 1 is 1.50 bits per heavy atom. The van der Waals surface area contributed by atoms with Crippen LogP contribution >= 0.6 is 0 Å². The number of H-pyrrole nitrogens is 1. The molecule has 0 bridgehead atoms. The van der Waals surface area contributed by atoms with Crippen LogP contribution in [0.15, 0.2) is 23.0 Å². The van der Waals surface area contributed by atoms with E-state index in [0.29, 0.717) is 18.2 Å². The zero-order valence-corrected chi connectivity index (χ0v) is 12.1. The van der Waals surface area contributed by atoms with Crippen molar-refractivity contribution in [3.63, 3.8) is 0 Å².